The zero-order valence-corrected chi connectivity index (χ0v) is 20.3. The molecule has 2 heterocycles. The van der Waals surface area contributed by atoms with Crippen LogP contribution in [0.2, 0.25) is 0 Å². The molecule has 2 amide bonds. The van der Waals surface area contributed by atoms with Crippen LogP contribution in [0.5, 0.6) is 0 Å². The Hall–Kier alpha value is -2.46. The van der Waals surface area contributed by atoms with E-state index in [9.17, 15) is 22.8 Å². The van der Waals surface area contributed by atoms with Crippen molar-refractivity contribution >= 4 is 27.8 Å². The summed E-state index contributed by atoms with van der Waals surface area (Å²) in [6.07, 6.45) is 1.04. The van der Waals surface area contributed by atoms with E-state index >= 15 is 0 Å². The van der Waals surface area contributed by atoms with Gasteiger partial charge in [0.2, 0.25) is 15.9 Å². The van der Waals surface area contributed by atoms with Crippen LogP contribution in [-0.4, -0.2) is 86.2 Å². The van der Waals surface area contributed by atoms with E-state index in [0.717, 1.165) is 0 Å². The van der Waals surface area contributed by atoms with Crippen molar-refractivity contribution in [3.05, 3.63) is 30.3 Å². The highest BCUT2D eigenvalue weighted by atomic mass is 32.2. The third kappa shape index (κ3) is 6.11. The van der Waals surface area contributed by atoms with Gasteiger partial charge in [0, 0.05) is 44.7 Å². The number of hydrogen-bond donors (Lipinski definition) is 0. The Morgan fingerprint density at radius 1 is 0.909 bits per heavy atom. The molecule has 182 valence electrons. The largest absolute Gasteiger partial charge is 0.455 e. The zero-order chi connectivity index (χ0) is 24.2. The molecule has 0 radical (unpaired) electrons. The van der Waals surface area contributed by atoms with Crippen LogP contribution in [0.25, 0.3) is 0 Å². The summed E-state index contributed by atoms with van der Waals surface area (Å²) in [6, 6.07) is 8.21. The molecule has 33 heavy (non-hydrogen) atoms. The van der Waals surface area contributed by atoms with Gasteiger partial charge in [0.25, 0.3) is 5.91 Å². The number of nitrogens with zero attached hydrogens (tertiary/aromatic N) is 3. The molecule has 9 nitrogen and oxygen atoms in total. The van der Waals surface area contributed by atoms with Crippen molar-refractivity contribution in [1.82, 2.24) is 14.1 Å². The number of piperidine rings is 1. The van der Waals surface area contributed by atoms with Gasteiger partial charge >= 0.3 is 5.97 Å². The average molecular weight is 480 g/mol. The van der Waals surface area contributed by atoms with Crippen LogP contribution >= 0.6 is 0 Å². The molecule has 2 aliphatic rings. The standard InChI is InChI=1S/C23H33N3O6S/c1-23(2,3)22(29)25-11-9-18(10-12-25)21(28)32-17-20(27)24-13-15-26(16-14-24)33(30,31)19-7-5-4-6-8-19/h4-8,18H,9-17H2,1-3H3. The Morgan fingerprint density at radius 2 is 1.48 bits per heavy atom. The minimum atomic E-state index is -3.59. The number of carbonyl (C=O) groups is 3. The number of esters is 1. The Morgan fingerprint density at radius 3 is 2.03 bits per heavy atom. The van der Waals surface area contributed by atoms with E-state index in [2.05, 4.69) is 0 Å². The van der Waals surface area contributed by atoms with Crippen molar-refractivity contribution in [2.75, 3.05) is 45.9 Å². The van der Waals surface area contributed by atoms with Crippen molar-refractivity contribution in [2.45, 2.75) is 38.5 Å². The lowest BCUT2D eigenvalue weighted by Crippen LogP contribution is -2.51. The smallest absolute Gasteiger partial charge is 0.309 e. The maximum absolute atomic E-state index is 12.7. The second-order valence-electron chi connectivity index (χ2n) is 9.52. The number of sulfonamides is 1. The molecule has 2 fully saturated rings. The van der Waals surface area contributed by atoms with Gasteiger partial charge in [-0.15, -0.1) is 0 Å². The van der Waals surface area contributed by atoms with Gasteiger partial charge in [-0.1, -0.05) is 39.0 Å². The molecule has 2 saturated heterocycles. The van der Waals surface area contributed by atoms with Crippen molar-refractivity contribution in [3.63, 3.8) is 0 Å². The number of amides is 2. The number of piperazine rings is 1. The molecular weight excluding hydrogens is 446 g/mol. The topological polar surface area (TPSA) is 104 Å². The predicted octanol–water partition coefficient (Wildman–Crippen LogP) is 1.35. The average Bonchev–Trinajstić information content (AvgIpc) is 2.82. The van der Waals surface area contributed by atoms with Crippen LogP contribution in [0.3, 0.4) is 0 Å². The fourth-order valence-electron chi connectivity index (χ4n) is 4.05. The lowest BCUT2D eigenvalue weighted by molar-refractivity contribution is -0.158. The van der Waals surface area contributed by atoms with Gasteiger partial charge in [0.05, 0.1) is 10.8 Å². The fraction of sp³-hybridized carbons (Fsp3) is 0.609. The van der Waals surface area contributed by atoms with Crippen LogP contribution in [0.1, 0.15) is 33.6 Å². The first-order valence-corrected chi connectivity index (χ1v) is 12.7. The maximum atomic E-state index is 12.7. The van der Waals surface area contributed by atoms with E-state index in [4.69, 9.17) is 4.74 Å². The predicted molar refractivity (Wildman–Crippen MR) is 121 cm³/mol. The minimum Gasteiger partial charge on any atom is -0.455 e. The minimum absolute atomic E-state index is 0.0675. The fourth-order valence-corrected chi connectivity index (χ4v) is 5.50. The number of ether oxygens (including phenoxy) is 1. The van der Waals surface area contributed by atoms with Gasteiger partial charge < -0.3 is 14.5 Å². The number of likely N-dealkylation sites (tertiary alicyclic amines) is 1. The van der Waals surface area contributed by atoms with E-state index in [1.165, 1.54) is 9.21 Å². The summed E-state index contributed by atoms with van der Waals surface area (Å²) >= 11 is 0. The highest BCUT2D eigenvalue weighted by Gasteiger charge is 2.34. The van der Waals surface area contributed by atoms with Crippen molar-refractivity contribution in [1.29, 1.82) is 0 Å². The second-order valence-corrected chi connectivity index (χ2v) is 11.5. The highest BCUT2D eigenvalue weighted by molar-refractivity contribution is 7.89. The van der Waals surface area contributed by atoms with Gasteiger partial charge in [-0.3, -0.25) is 14.4 Å². The summed E-state index contributed by atoms with van der Waals surface area (Å²) in [6.45, 7) is 7.14. The molecule has 1 aromatic carbocycles. The first-order valence-electron chi connectivity index (χ1n) is 11.3. The van der Waals surface area contributed by atoms with E-state index in [1.807, 2.05) is 20.8 Å². The number of hydrogen-bond acceptors (Lipinski definition) is 6. The SMILES string of the molecule is CC(C)(C)C(=O)N1CCC(C(=O)OCC(=O)N2CCN(S(=O)(=O)c3ccccc3)CC2)CC1. The summed E-state index contributed by atoms with van der Waals surface area (Å²) in [5.41, 5.74) is -0.454. The van der Waals surface area contributed by atoms with Gasteiger partial charge in [-0.2, -0.15) is 4.31 Å². The molecule has 3 rings (SSSR count). The molecule has 10 heteroatoms. The van der Waals surface area contributed by atoms with Crippen LogP contribution in [0.15, 0.2) is 35.2 Å². The normalized spacial score (nSPS) is 18.8. The monoisotopic (exact) mass is 479 g/mol. The molecule has 1 aromatic rings. The zero-order valence-electron chi connectivity index (χ0n) is 19.5. The van der Waals surface area contributed by atoms with Gasteiger partial charge in [-0.05, 0) is 25.0 Å². The van der Waals surface area contributed by atoms with Crippen molar-refractivity contribution in [3.8, 4) is 0 Å². The Balaban J connectivity index is 1.42. The van der Waals surface area contributed by atoms with Gasteiger partial charge in [0.1, 0.15) is 0 Å². The van der Waals surface area contributed by atoms with E-state index < -0.39 is 21.4 Å². The van der Waals surface area contributed by atoms with E-state index in [1.54, 1.807) is 35.2 Å². The molecule has 0 spiro atoms. The Kier molecular flexibility index (Phi) is 7.79. The third-order valence-electron chi connectivity index (χ3n) is 6.07. The van der Waals surface area contributed by atoms with Crippen LogP contribution in [0, 0.1) is 11.3 Å². The van der Waals surface area contributed by atoms with Gasteiger partial charge in [-0.25, -0.2) is 8.42 Å². The third-order valence-corrected chi connectivity index (χ3v) is 7.98. The molecular formula is C23H33N3O6S. The molecule has 2 aliphatic heterocycles. The summed E-state index contributed by atoms with van der Waals surface area (Å²) in [4.78, 5) is 40.8. The highest BCUT2D eigenvalue weighted by Crippen LogP contribution is 2.24. The molecule has 0 saturated carbocycles. The van der Waals surface area contributed by atoms with Crippen molar-refractivity contribution < 1.29 is 27.5 Å². The number of benzene rings is 1. The maximum Gasteiger partial charge on any atom is 0.309 e. The lowest BCUT2D eigenvalue weighted by atomic mass is 9.91. The van der Waals surface area contributed by atoms with E-state index in [0.29, 0.717) is 25.9 Å². The summed E-state index contributed by atoms with van der Waals surface area (Å²) in [5.74, 6) is -1.01. The molecule has 0 aromatic heterocycles. The molecule has 0 aliphatic carbocycles. The van der Waals surface area contributed by atoms with Crippen LogP contribution in [0.4, 0.5) is 0 Å². The molecule has 0 N–H and O–H groups in total. The molecule has 0 atom stereocenters. The molecule has 0 bridgehead atoms. The Bertz CT molecular complexity index is 958. The molecule has 0 unspecified atom stereocenters. The van der Waals surface area contributed by atoms with Crippen LogP contribution < -0.4 is 0 Å². The summed E-state index contributed by atoms with van der Waals surface area (Å²) < 4.78 is 32.0. The summed E-state index contributed by atoms with van der Waals surface area (Å²) in [5, 5.41) is 0. The Labute approximate surface area is 195 Å². The summed E-state index contributed by atoms with van der Waals surface area (Å²) in [7, 11) is -3.59. The van der Waals surface area contributed by atoms with Crippen LogP contribution in [-0.2, 0) is 29.1 Å². The number of carbonyl (C=O) groups excluding carboxylic acids is 3. The number of rotatable bonds is 5. The lowest BCUT2D eigenvalue weighted by Gasteiger charge is -2.35. The van der Waals surface area contributed by atoms with E-state index in [-0.39, 0.29) is 55.4 Å². The van der Waals surface area contributed by atoms with Gasteiger partial charge in [0.15, 0.2) is 6.61 Å². The van der Waals surface area contributed by atoms with Crippen molar-refractivity contribution in [2.24, 2.45) is 11.3 Å². The first-order chi connectivity index (χ1) is 15.5. The second kappa shape index (κ2) is 10.2. The quantitative estimate of drug-likeness (QED) is 0.591. The first kappa shape index (κ1) is 25.2.